The molecule has 0 aliphatic heterocycles. The average molecular weight is 269 g/mol. The third-order valence-electron chi connectivity index (χ3n) is 2.92. The van der Waals surface area contributed by atoms with E-state index in [0.717, 1.165) is 5.56 Å². The Labute approximate surface area is 118 Å². The Morgan fingerprint density at radius 1 is 1.10 bits per heavy atom. The molecule has 0 N–H and O–H groups in total. The summed E-state index contributed by atoms with van der Waals surface area (Å²) in [6.45, 7) is 6.25. The van der Waals surface area contributed by atoms with Crippen LogP contribution >= 0.6 is 0 Å². The predicted molar refractivity (Wildman–Crippen MR) is 76.3 cm³/mol. The lowest BCUT2D eigenvalue weighted by molar-refractivity contribution is 0.451. The zero-order valence-electron chi connectivity index (χ0n) is 11.8. The first-order valence-electron chi connectivity index (χ1n) is 6.38. The Balaban J connectivity index is 2.41. The van der Waals surface area contributed by atoms with Gasteiger partial charge in [-0.25, -0.2) is 4.39 Å². The Kier molecular flexibility index (Phi) is 3.76. The van der Waals surface area contributed by atoms with Gasteiger partial charge in [-0.1, -0.05) is 39.0 Å². The van der Waals surface area contributed by atoms with E-state index in [0.29, 0.717) is 11.5 Å². The zero-order chi connectivity index (χ0) is 14.8. The third kappa shape index (κ3) is 3.16. The SMILES string of the molecule is CC(C)(C)c1ccccc1Oc1cc(F)cc(C#N)c1. The second-order valence-electron chi connectivity index (χ2n) is 5.64. The van der Waals surface area contributed by atoms with Crippen LogP contribution in [0.1, 0.15) is 31.9 Å². The van der Waals surface area contributed by atoms with Gasteiger partial charge in [0, 0.05) is 11.6 Å². The molecular formula is C17H16FNO. The number of para-hydroxylation sites is 1. The molecule has 2 aromatic carbocycles. The summed E-state index contributed by atoms with van der Waals surface area (Å²) in [6.07, 6.45) is 0. The largest absolute Gasteiger partial charge is 0.457 e. The summed E-state index contributed by atoms with van der Waals surface area (Å²) < 4.78 is 19.2. The molecule has 20 heavy (non-hydrogen) atoms. The summed E-state index contributed by atoms with van der Waals surface area (Å²) in [5.41, 5.74) is 1.19. The van der Waals surface area contributed by atoms with Crippen LogP contribution in [-0.2, 0) is 5.41 Å². The second kappa shape index (κ2) is 5.34. The summed E-state index contributed by atoms with van der Waals surface area (Å²) in [4.78, 5) is 0. The van der Waals surface area contributed by atoms with E-state index in [2.05, 4.69) is 20.8 Å². The lowest BCUT2D eigenvalue weighted by atomic mass is 9.86. The molecule has 0 atom stereocenters. The van der Waals surface area contributed by atoms with Gasteiger partial charge in [0.05, 0.1) is 11.6 Å². The van der Waals surface area contributed by atoms with Crippen molar-refractivity contribution < 1.29 is 9.13 Å². The van der Waals surface area contributed by atoms with Crippen LogP contribution in [0, 0.1) is 17.1 Å². The average Bonchev–Trinajstić information content (AvgIpc) is 2.37. The van der Waals surface area contributed by atoms with E-state index in [4.69, 9.17) is 10.00 Å². The van der Waals surface area contributed by atoms with Crippen molar-refractivity contribution in [2.75, 3.05) is 0 Å². The molecule has 0 bridgehead atoms. The van der Waals surface area contributed by atoms with Gasteiger partial charge in [0.25, 0.3) is 0 Å². The Hall–Kier alpha value is -2.34. The predicted octanol–water partition coefficient (Wildman–Crippen LogP) is 4.79. The van der Waals surface area contributed by atoms with Crippen LogP contribution in [0.15, 0.2) is 42.5 Å². The summed E-state index contributed by atoms with van der Waals surface area (Å²) in [5, 5.41) is 8.86. The first kappa shape index (κ1) is 14.1. The molecule has 0 saturated carbocycles. The van der Waals surface area contributed by atoms with Gasteiger partial charge in [0.15, 0.2) is 0 Å². The highest BCUT2D eigenvalue weighted by atomic mass is 19.1. The maximum Gasteiger partial charge on any atom is 0.131 e. The highest BCUT2D eigenvalue weighted by Gasteiger charge is 2.19. The van der Waals surface area contributed by atoms with Gasteiger partial charge in [0.2, 0.25) is 0 Å². The van der Waals surface area contributed by atoms with Crippen LogP contribution in [0.3, 0.4) is 0 Å². The quantitative estimate of drug-likeness (QED) is 0.785. The lowest BCUT2D eigenvalue weighted by Gasteiger charge is -2.22. The summed E-state index contributed by atoms with van der Waals surface area (Å²) in [5.74, 6) is 0.528. The van der Waals surface area contributed by atoms with Crippen molar-refractivity contribution >= 4 is 0 Å². The number of nitriles is 1. The summed E-state index contributed by atoms with van der Waals surface area (Å²) >= 11 is 0. The topological polar surface area (TPSA) is 33.0 Å². The minimum Gasteiger partial charge on any atom is -0.457 e. The van der Waals surface area contributed by atoms with E-state index in [-0.39, 0.29) is 11.0 Å². The second-order valence-corrected chi connectivity index (χ2v) is 5.64. The molecule has 0 aliphatic carbocycles. The number of rotatable bonds is 2. The van der Waals surface area contributed by atoms with Crippen molar-refractivity contribution in [1.82, 2.24) is 0 Å². The van der Waals surface area contributed by atoms with Crippen molar-refractivity contribution in [1.29, 1.82) is 5.26 Å². The molecule has 0 aromatic heterocycles. The van der Waals surface area contributed by atoms with Crippen molar-refractivity contribution in [3.63, 3.8) is 0 Å². The normalized spacial score (nSPS) is 10.9. The molecule has 0 unspecified atom stereocenters. The van der Waals surface area contributed by atoms with Crippen LogP contribution in [0.25, 0.3) is 0 Å². The molecular weight excluding hydrogens is 253 g/mol. The Morgan fingerprint density at radius 3 is 2.45 bits per heavy atom. The van der Waals surface area contributed by atoms with Gasteiger partial charge < -0.3 is 4.74 Å². The summed E-state index contributed by atoms with van der Waals surface area (Å²) in [6, 6.07) is 13.6. The molecule has 2 rings (SSSR count). The van der Waals surface area contributed by atoms with E-state index < -0.39 is 5.82 Å². The molecule has 2 aromatic rings. The zero-order valence-corrected chi connectivity index (χ0v) is 11.8. The lowest BCUT2D eigenvalue weighted by Crippen LogP contribution is -2.12. The first-order chi connectivity index (χ1) is 9.40. The van der Waals surface area contributed by atoms with Gasteiger partial charge in [-0.15, -0.1) is 0 Å². The smallest absolute Gasteiger partial charge is 0.131 e. The van der Waals surface area contributed by atoms with E-state index in [1.165, 1.54) is 18.2 Å². The van der Waals surface area contributed by atoms with Gasteiger partial charge in [-0.05, 0) is 23.6 Å². The highest BCUT2D eigenvalue weighted by Crippen LogP contribution is 2.34. The van der Waals surface area contributed by atoms with E-state index in [1.807, 2.05) is 30.3 Å². The number of hydrogen-bond donors (Lipinski definition) is 0. The Morgan fingerprint density at radius 2 is 1.80 bits per heavy atom. The van der Waals surface area contributed by atoms with Crippen molar-refractivity contribution in [3.05, 3.63) is 59.4 Å². The fraction of sp³-hybridized carbons (Fsp3) is 0.235. The van der Waals surface area contributed by atoms with Crippen molar-refractivity contribution in [3.8, 4) is 17.6 Å². The fourth-order valence-corrected chi connectivity index (χ4v) is 1.99. The first-order valence-corrected chi connectivity index (χ1v) is 6.38. The minimum absolute atomic E-state index is 0.0814. The van der Waals surface area contributed by atoms with Crippen LogP contribution in [0.2, 0.25) is 0 Å². The van der Waals surface area contributed by atoms with E-state index in [9.17, 15) is 4.39 Å². The molecule has 0 aliphatic rings. The third-order valence-corrected chi connectivity index (χ3v) is 2.92. The molecule has 102 valence electrons. The number of nitrogens with zero attached hydrogens (tertiary/aromatic N) is 1. The molecule has 0 saturated heterocycles. The van der Waals surface area contributed by atoms with Crippen molar-refractivity contribution in [2.45, 2.75) is 26.2 Å². The summed E-state index contributed by atoms with van der Waals surface area (Å²) in [7, 11) is 0. The fourth-order valence-electron chi connectivity index (χ4n) is 1.99. The number of ether oxygens (including phenoxy) is 1. The van der Waals surface area contributed by atoms with Gasteiger partial charge in [-0.2, -0.15) is 5.26 Å². The highest BCUT2D eigenvalue weighted by molar-refractivity contribution is 5.44. The van der Waals surface area contributed by atoms with Gasteiger partial charge in [-0.3, -0.25) is 0 Å². The number of benzene rings is 2. The maximum absolute atomic E-state index is 13.4. The molecule has 2 nitrogen and oxygen atoms in total. The van der Waals surface area contributed by atoms with Gasteiger partial charge in [0.1, 0.15) is 17.3 Å². The standard InChI is InChI=1S/C17H16FNO/c1-17(2,3)15-6-4-5-7-16(15)20-14-9-12(11-19)8-13(18)10-14/h4-10H,1-3H3. The molecule has 0 spiro atoms. The number of hydrogen-bond acceptors (Lipinski definition) is 2. The maximum atomic E-state index is 13.4. The van der Waals surface area contributed by atoms with Crippen LogP contribution < -0.4 is 4.74 Å². The van der Waals surface area contributed by atoms with Gasteiger partial charge >= 0.3 is 0 Å². The molecule has 0 radical (unpaired) electrons. The number of halogens is 1. The van der Waals surface area contributed by atoms with E-state index in [1.54, 1.807) is 0 Å². The molecule has 0 amide bonds. The van der Waals surface area contributed by atoms with Crippen LogP contribution in [-0.4, -0.2) is 0 Å². The van der Waals surface area contributed by atoms with E-state index >= 15 is 0 Å². The minimum atomic E-state index is -0.479. The van der Waals surface area contributed by atoms with Crippen LogP contribution in [0.5, 0.6) is 11.5 Å². The molecule has 0 heterocycles. The molecule has 3 heteroatoms. The molecule has 0 fully saturated rings. The Bertz CT molecular complexity index is 665. The monoisotopic (exact) mass is 269 g/mol. The van der Waals surface area contributed by atoms with Crippen molar-refractivity contribution in [2.24, 2.45) is 0 Å². The van der Waals surface area contributed by atoms with Crippen LogP contribution in [0.4, 0.5) is 4.39 Å².